The minimum Gasteiger partial charge on any atom is -0.271 e. The lowest BCUT2D eigenvalue weighted by Crippen LogP contribution is -2.48. The zero-order valence-electron chi connectivity index (χ0n) is 12.3. The highest BCUT2D eigenvalue weighted by Crippen LogP contribution is 2.42. The molecular weight excluding hydrogens is 264 g/mol. The number of benzene rings is 1. The van der Waals surface area contributed by atoms with E-state index in [1.807, 2.05) is 11.8 Å². The standard InChI is InChI=1S/C17H26N2S/c1-2-12-6-5-8-14(10-12)17(19-18)16-11-13-7-3-4-9-15(13)20-16/h3-4,7,9,12,14,16-17,19H,2,5-6,8,10-11,18H2,1H3. The van der Waals surface area contributed by atoms with Crippen LogP contribution in [0.15, 0.2) is 29.2 Å². The lowest BCUT2D eigenvalue weighted by molar-refractivity contribution is 0.206. The van der Waals surface area contributed by atoms with Crippen molar-refractivity contribution < 1.29 is 0 Å². The van der Waals surface area contributed by atoms with Gasteiger partial charge in [-0.1, -0.05) is 44.4 Å². The number of thioether (sulfide) groups is 1. The fraction of sp³-hybridized carbons (Fsp3) is 0.647. The summed E-state index contributed by atoms with van der Waals surface area (Å²) in [7, 11) is 0. The molecule has 0 spiro atoms. The van der Waals surface area contributed by atoms with Crippen LogP contribution in [-0.2, 0) is 6.42 Å². The molecule has 4 atom stereocenters. The van der Waals surface area contributed by atoms with E-state index >= 15 is 0 Å². The average molecular weight is 290 g/mol. The number of fused-ring (bicyclic) bond motifs is 1. The van der Waals surface area contributed by atoms with Crippen molar-refractivity contribution in [2.75, 3.05) is 0 Å². The minimum atomic E-state index is 0.460. The Balaban J connectivity index is 1.69. The second-order valence-corrected chi connectivity index (χ2v) is 7.64. The molecule has 1 aromatic rings. The number of nitrogens with two attached hydrogens (primary N) is 1. The van der Waals surface area contributed by atoms with Gasteiger partial charge < -0.3 is 0 Å². The van der Waals surface area contributed by atoms with E-state index in [-0.39, 0.29) is 0 Å². The van der Waals surface area contributed by atoms with Gasteiger partial charge in [0.25, 0.3) is 0 Å². The molecule has 1 heterocycles. The van der Waals surface area contributed by atoms with E-state index in [0.717, 1.165) is 11.8 Å². The number of nitrogens with one attached hydrogen (secondary N) is 1. The van der Waals surface area contributed by atoms with Crippen LogP contribution in [0, 0.1) is 11.8 Å². The summed E-state index contributed by atoms with van der Waals surface area (Å²) in [6.45, 7) is 2.33. The van der Waals surface area contributed by atoms with Crippen molar-refractivity contribution in [2.24, 2.45) is 17.7 Å². The molecule has 3 N–H and O–H groups in total. The van der Waals surface area contributed by atoms with Gasteiger partial charge in [0.05, 0.1) is 0 Å². The molecule has 1 fully saturated rings. The molecule has 0 amide bonds. The second kappa shape index (κ2) is 6.50. The number of hydrazine groups is 1. The van der Waals surface area contributed by atoms with Crippen LogP contribution in [0.4, 0.5) is 0 Å². The van der Waals surface area contributed by atoms with Crippen LogP contribution in [0.3, 0.4) is 0 Å². The van der Waals surface area contributed by atoms with Gasteiger partial charge in [0, 0.05) is 16.2 Å². The minimum absolute atomic E-state index is 0.460. The van der Waals surface area contributed by atoms with Gasteiger partial charge in [0.2, 0.25) is 0 Å². The summed E-state index contributed by atoms with van der Waals surface area (Å²) in [5.41, 5.74) is 4.68. The van der Waals surface area contributed by atoms with E-state index in [2.05, 4.69) is 36.6 Å². The zero-order valence-corrected chi connectivity index (χ0v) is 13.2. The molecule has 0 bridgehead atoms. The summed E-state index contributed by atoms with van der Waals surface area (Å²) in [5.74, 6) is 7.61. The third-order valence-corrected chi connectivity index (χ3v) is 6.59. The summed E-state index contributed by atoms with van der Waals surface area (Å²) in [6.07, 6.45) is 8.00. The average Bonchev–Trinajstić information content (AvgIpc) is 2.91. The number of hydrogen-bond donors (Lipinski definition) is 2. The summed E-state index contributed by atoms with van der Waals surface area (Å²) in [4.78, 5) is 1.46. The van der Waals surface area contributed by atoms with Crippen LogP contribution in [0.25, 0.3) is 0 Å². The van der Waals surface area contributed by atoms with Crippen LogP contribution in [0.2, 0.25) is 0 Å². The van der Waals surface area contributed by atoms with Gasteiger partial charge in [-0.2, -0.15) is 0 Å². The smallest absolute Gasteiger partial charge is 0.0364 e. The predicted octanol–water partition coefficient (Wildman–Crippen LogP) is 3.75. The highest BCUT2D eigenvalue weighted by atomic mass is 32.2. The first-order valence-electron chi connectivity index (χ1n) is 8.02. The monoisotopic (exact) mass is 290 g/mol. The molecule has 20 heavy (non-hydrogen) atoms. The van der Waals surface area contributed by atoms with Crippen LogP contribution in [0.1, 0.15) is 44.6 Å². The molecule has 110 valence electrons. The van der Waals surface area contributed by atoms with Crippen molar-refractivity contribution in [2.45, 2.75) is 61.6 Å². The highest BCUT2D eigenvalue weighted by molar-refractivity contribution is 8.00. The van der Waals surface area contributed by atoms with E-state index in [9.17, 15) is 0 Å². The predicted molar refractivity (Wildman–Crippen MR) is 86.6 cm³/mol. The van der Waals surface area contributed by atoms with Crippen molar-refractivity contribution in [1.82, 2.24) is 5.43 Å². The van der Waals surface area contributed by atoms with E-state index in [4.69, 9.17) is 5.84 Å². The first-order valence-corrected chi connectivity index (χ1v) is 8.90. The number of hydrogen-bond acceptors (Lipinski definition) is 3. The van der Waals surface area contributed by atoms with E-state index < -0.39 is 0 Å². The van der Waals surface area contributed by atoms with E-state index in [0.29, 0.717) is 11.3 Å². The molecule has 1 saturated carbocycles. The second-order valence-electron chi connectivity index (χ2n) is 6.36. The lowest BCUT2D eigenvalue weighted by atomic mass is 9.75. The van der Waals surface area contributed by atoms with Crippen molar-refractivity contribution in [3.8, 4) is 0 Å². The third-order valence-electron chi connectivity index (χ3n) is 5.17. The molecule has 0 aromatic heterocycles. The molecule has 0 radical (unpaired) electrons. The van der Waals surface area contributed by atoms with Crippen molar-refractivity contribution in [3.63, 3.8) is 0 Å². The van der Waals surface area contributed by atoms with Crippen LogP contribution in [0.5, 0.6) is 0 Å². The zero-order chi connectivity index (χ0) is 13.9. The van der Waals surface area contributed by atoms with Crippen LogP contribution in [-0.4, -0.2) is 11.3 Å². The van der Waals surface area contributed by atoms with Gasteiger partial charge in [-0.05, 0) is 42.7 Å². The molecule has 1 aliphatic carbocycles. The molecule has 3 heteroatoms. The Labute approximate surface area is 126 Å². The largest absolute Gasteiger partial charge is 0.271 e. The fourth-order valence-corrected chi connectivity index (χ4v) is 5.48. The molecule has 2 aliphatic rings. The molecule has 0 saturated heterocycles. The lowest BCUT2D eigenvalue weighted by Gasteiger charge is -2.36. The Bertz CT molecular complexity index is 423. The quantitative estimate of drug-likeness (QED) is 0.655. The first kappa shape index (κ1) is 14.4. The summed E-state index contributed by atoms with van der Waals surface area (Å²) < 4.78 is 0. The molecule has 1 aromatic carbocycles. The van der Waals surface area contributed by atoms with Crippen molar-refractivity contribution in [1.29, 1.82) is 0 Å². The third kappa shape index (κ3) is 2.90. The van der Waals surface area contributed by atoms with E-state index in [1.54, 1.807) is 0 Å². The van der Waals surface area contributed by atoms with E-state index in [1.165, 1.54) is 49.0 Å². The Morgan fingerprint density at radius 3 is 2.95 bits per heavy atom. The molecule has 3 rings (SSSR count). The van der Waals surface area contributed by atoms with Crippen LogP contribution < -0.4 is 11.3 Å². The fourth-order valence-electron chi connectivity index (χ4n) is 3.99. The highest BCUT2D eigenvalue weighted by Gasteiger charge is 2.35. The van der Waals surface area contributed by atoms with Gasteiger partial charge in [0.1, 0.15) is 0 Å². The molecule has 4 unspecified atom stereocenters. The first-order chi connectivity index (χ1) is 9.81. The summed E-state index contributed by atoms with van der Waals surface area (Å²) in [5, 5.41) is 0.609. The molecule has 2 nitrogen and oxygen atoms in total. The van der Waals surface area contributed by atoms with Crippen molar-refractivity contribution in [3.05, 3.63) is 29.8 Å². The van der Waals surface area contributed by atoms with Crippen LogP contribution >= 0.6 is 11.8 Å². The molecule has 1 aliphatic heterocycles. The summed E-state index contributed by atoms with van der Waals surface area (Å²) >= 11 is 2.03. The van der Waals surface area contributed by atoms with Gasteiger partial charge in [-0.3, -0.25) is 11.3 Å². The topological polar surface area (TPSA) is 38.0 Å². The maximum atomic E-state index is 5.94. The van der Waals surface area contributed by atoms with Gasteiger partial charge in [-0.15, -0.1) is 11.8 Å². The Morgan fingerprint density at radius 2 is 2.20 bits per heavy atom. The van der Waals surface area contributed by atoms with Gasteiger partial charge >= 0.3 is 0 Å². The normalized spacial score (nSPS) is 31.0. The van der Waals surface area contributed by atoms with Crippen molar-refractivity contribution >= 4 is 11.8 Å². The maximum absolute atomic E-state index is 5.94. The Morgan fingerprint density at radius 1 is 1.35 bits per heavy atom. The van der Waals surface area contributed by atoms with Gasteiger partial charge in [0.15, 0.2) is 0 Å². The number of rotatable bonds is 4. The van der Waals surface area contributed by atoms with Gasteiger partial charge in [-0.25, -0.2) is 0 Å². The Hall–Kier alpha value is -0.510. The molecular formula is C17H26N2S. The Kier molecular flexibility index (Phi) is 4.69. The summed E-state index contributed by atoms with van der Waals surface area (Å²) in [6, 6.07) is 9.28. The SMILES string of the molecule is CCC1CCCC(C(NN)C2Cc3ccccc3S2)C1. The maximum Gasteiger partial charge on any atom is 0.0364 e.